The second kappa shape index (κ2) is 5.66. The Labute approximate surface area is 120 Å². The lowest BCUT2D eigenvalue weighted by Crippen LogP contribution is -2.39. The smallest absolute Gasteiger partial charge is 0.328 e. The van der Waals surface area contributed by atoms with E-state index in [1.54, 1.807) is 18.7 Å². The van der Waals surface area contributed by atoms with Crippen molar-refractivity contribution in [1.29, 1.82) is 0 Å². The van der Waals surface area contributed by atoms with Crippen molar-refractivity contribution < 1.29 is 4.79 Å². The Morgan fingerprint density at radius 1 is 1.30 bits per heavy atom. The second-order valence-electron chi connectivity index (χ2n) is 4.68. The van der Waals surface area contributed by atoms with Crippen LogP contribution in [0.25, 0.3) is 11.2 Å². The van der Waals surface area contributed by atoms with E-state index in [0.717, 1.165) is 0 Å². The maximum Gasteiger partial charge on any atom is 0.332 e. The van der Waals surface area contributed by atoms with Crippen molar-refractivity contribution in [3.05, 3.63) is 27.2 Å². The van der Waals surface area contributed by atoms with Crippen molar-refractivity contribution in [3.8, 4) is 0 Å². The van der Waals surface area contributed by atoms with Crippen molar-refractivity contribution in [2.75, 3.05) is 0 Å². The summed E-state index contributed by atoms with van der Waals surface area (Å²) in [6.45, 7) is 0.285. The lowest BCUT2D eigenvalue weighted by atomic mass is 10.2. The van der Waals surface area contributed by atoms with Gasteiger partial charge in [-0.1, -0.05) is 0 Å². The van der Waals surface area contributed by atoms with E-state index in [9.17, 15) is 14.4 Å². The molecule has 2 aromatic heterocycles. The summed E-state index contributed by atoms with van der Waals surface area (Å²) in [4.78, 5) is 39.3. The fraction of sp³-hybridized carbons (Fsp3) is 0.500. The van der Waals surface area contributed by atoms with E-state index in [0.29, 0.717) is 30.4 Å². The first-order chi connectivity index (χ1) is 9.43. The minimum Gasteiger partial charge on any atom is -0.328 e. The van der Waals surface area contributed by atoms with Gasteiger partial charge in [-0.05, 0) is 12.8 Å². The largest absolute Gasteiger partial charge is 0.332 e. The number of carbonyl (C=O) groups excluding carboxylic acids is 1. The number of aryl methyl sites for hydroxylation is 2. The quantitative estimate of drug-likeness (QED) is 0.625. The highest BCUT2D eigenvalue weighted by molar-refractivity contribution is 7.96. The number of imidazole rings is 1. The molecule has 0 fully saturated rings. The molecule has 0 amide bonds. The highest BCUT2D eigenvalue weighted by Crippen LogP contribution is 2.04. The Hall–Kier alpha value is -1.83. The van der Waals surface area contributed by atoms with Gasteiger partial charge < -0.3 is 4.57 Å². The van der Waals surface area contributed by atoms with Crippen LogP contribution < -0.4 is 11.2 Å². The summed E-state index contributed by atoms with van der Waals surface area (Å²) in [5.74, 6) is 0. The first kappa shape index (κ1) is 14.6. The molecule has 0 aliphatic heterocycles. The van der Waals surface area contributed by atoms with Crippen LogP contribution in [0.3, 0.4) is 0 Å². The molecule has 0 unspecified atom stereocenters. The van der Waals surface area contributed by atoms with Crippen LogP contribution in [0.1, 0.15) is 19.3 Å². The van der Waals surface area contributed by atoms with Crippen molar-refractivity contribution in [2.45, 2.75) is 25.8 Å². The van der Waals surface area contributed by atoms with E-state index in [-0.39, 0.29) is 17.2 Å². The summed E-state index contributed by atoms with van der Waals surface area (Å²) >= 11 is 3.68. The number of rotatable bonds is 5. The van der Waals surface area contributed by atoms with Crippen LogP contribution in [0.15, 0.2) is 15.9 Å². The van der Waals surface area contributed by atoms with Gasteiger partial charge in [0.1, 0.15) is 0 Å². The molecule has 0 spiro atoms. The molecule has 2 heterocycles. The zero-order chi connectivity index (χ0) is 14.9. The van der Waals surface area contributed by atoms with Crippen molar-refractivity contribution in [3.63, 3.8) is 0 Å². The first-order valence-corrected chi connectivity index (χ1v) is 6.71. The molecule has 0 aromatic carbocycles. The van der Waals surface area contributed by atoms with E-state index < -0.39 is 5.69 Å². The van der Waals surface area contributed by atoms with Crippen molar-refractivity contribution in [1.82, 2.24) is 18.7 Å². The molecule has 2 aromatic rings. The molecule has 0 N–H and O–H groups in total. The Balaban J connectivity index is 2.38. The number of hydrogen-bond donors (Lipinski definition) is 1. The predicted octanol–water partition coefficient (Wildman–Crippen LogP) is 0.0604. The topological polar surface area (TPSA) is 78.9 Å². The van der Waals surface area contributed by atoms with E-state index >= 15 is 0 Å². The zero-order valence-electron chi connectivity index (χ0n) is 11.4. The van der Waals surface area contributed by atoms with Gasteiger partial charge in [-0.2, -0.15) is 0 Å². The zero-order valence-corrected chi connectivity index (χ0v) is 12.3. The van der Waals surface area contributed by atoms with Gasteiger partial charge in [0, 0.05) is 27.1 Å². The van der Waals surface area contributed by atoms with Crippen LogP contribution in [0, 0.1) is 0 Å². The Bertz CT molecular complexity index is 771. The van der Waals surface area contributed by atoms with Gasteiger partial charge in [-0.15, -0.1) is 12.6 Å². The van der Waals surface area contributed by atoms with E-state index in [1.807, 2.05) is 0 Å². The van der Waals surface area contributed by atoms with Crippen molar-refractivity contribution >= 4 is 28.9 Å². The summed E-state index contributed by atoms with van der Waals surface area (Å²) in [6.07, 6.45) is 3.02. The summed E-state index contributed by atoms with van der Waals surface area (Å²) in [5, 5.41) is -0.188. The van der Waals surface area contributed by atoms with Crippen LogP contribution >= 0.6 is 12.6 Å². The molecule has 7 nitrogen and oxygen atoms in total. The maximum atomic E-state index is 12.3. The Morgan fingerprint density at radius 2 is 2.00 bits per heavy atom. The summed E-state index contributed by atoms with van der Waals surface area (Å²) in [7, 11) is 3.30. The molecular formula is C12H16N4O3S. The van der Waals surface area contributed by atoms with Gasteiger partial charge in [-0.25, -0.2) is 9.78 Å². The summed E-state index contributed by atoms with van der Waals surface area (Å²) in [5.41, 5.74) is 0.0420. The monoisotopic (exact) mass is 296 g/mol. The third kappa shape index (κ3) is 2.55. The standard InChI is InChI=1S/C12H16N4O3S/c1-14-7-13-10-9(14)11(18)16(12(19)15(10)2)6-4-3-5-8(17)20/h7H,3-6H2,1-2H3,(H,17,20). The second-order valence-corrected chi connectivity index (χ2v) is 5.18. The molecule has 108 valence electrons. The predicted molar refractivity (Wildman–Crippen MR) is 78.1 cm³/mol. The third-order valence-electron chi connectivity index (χ3n) is 3.22. The van der Waals surface area contributed by atoms with Crippen LogP contribution in [-0.4, -0.2) is 23.8 Å². The minimum atomic E-state index is -0.390. The van der Waals surface area contributed by atoms with Gasteiger partial charge in [0.05, 0.1) is 6.33 Å². The SMILES string of the molecule is Cn1cnc2c1c(=O)n(CCCCC(=O)S)c(=O)n2C. The molecule has 2 rings (SSSR count). The average Bonchev–Trinajstić information content (AvgIpc) is 2.77. The average molecular weight is 296 g/mol. The number of thiol groups is 1. The molecule has 0 radical (unpaired) electrons. The highest BCUT2D eigenvalue weighted by Gasteiger charge is 2.14. The molecule has 0 saturated carbocycles. The highest BCUT2D eigenvalue weighted by atomic mass is 32.1. The summed E-state index contributed by atoms with van der Waals surface area (Å²) in [6, 6.07) is 0. The lowest BCUT2D eigenvalue weighted by Gasteiger charge is -2.08. The maximum absolute atomic E-state index is 12.3. The molecular weight excluding hydrogens is 280 g/mol. The van der Waals surface area contributed by atoms with Crippen LogP contribution in [0.4, 0.5) is 0 Å². The molecule has 0 atom stereocenters. The summed E-state index contributed by atoms with van der Waals surface area (Å²) < 4.78 is 4.15. The normalized spacial score (nSPS) is 11.2. The third-order valence-corrected chi connectivity index (χ3v) is 3.45. The van der Waals surface area contributed by atoms with Gasteiger partial charge in [0.25, 0.3) is 5.56 Å². The molecule has 8 heteroatoms. The van der Waals surface area contributed by atoms with Gasteiger partial charge in [0.15, 0.2) is 16.3 Å². The number of nitrogens with zero attached hydrogens (tertiary/aromatic N) is 4. The van der Waals surface area contributed by atoms with Crippen LogP contribution in [0.5, 0.6) is 0 Å². The van der Waals surface area contributed by atoms with E-state index in [1.165, 1.54) is 15.5 Å². The van der Waals surface area contributed by atoms with Gasteiger partial charge >= 0.3 is 5.69 Å². The fourth-order valence-corrected chi connectivity index (χ4v) is 2.30. The van der Waals surface area contributed by atoms with Gasteiger partial charge in [0.2, 0.25) is 0 Å². The molecule has 0 saturated heterocycles. The minimum absolute atomic E-state index is 0.188. The van der Waals surface area contributed by atoms with E-state index in [2.05, 4.69) is 17.6 Å². The number of carbonyl (C=O) groups is 1. The van der Waals surface area contributed by atoms with Crippen LogP contribution in [-0.2, 0) is 25.4 Å². The lowest BCUT2D eigenvalue weighted by molar-refractivity contribution is -0.110. The molecule has 0 bridgehead atoms. The molecule has 0 aliphatic carbocycles. The molecule has 0 aliphatic rings. The van der Waals surface area contributed by atoms with Crippen molar-refractivity contribution in [2.24, 2.45) is 14.1 Å². The number of aromatic nitrogens is 4. The Kier molecular flexibility index (Phi) is 4.12. The van der Waals surface area contributed by atoms with E-state index in [4.69, 9.17) is 0 Å². The number of hydrogen-bond acceptors (Lipinski definition) is 4. The van der Waals surface area contributed by atoms with Gasteiger partial charge in [-0.3, -0.25) is 18.7 Å². The van der Waals surface area contributed by atoms with Crippen LogP contribution in [0.2, 0.25) is 0 Å². The Morgan fingerprint density at radius 3 is 2.65 bits per heavy atom. The fourth-order valence-electron chi connectivity index (χ4n) is 2.14. The number of unbranched alkanes of at least 4 members (excludes halogenated alkanes) is 1. The first-order valence-electron chi connectivity index (χ1n) is 6.26. The molecule has 20 heavy (non-hydrogen) atoms. The number of fused-ring (bicyclic) bond motifs is 1.